The molecular weight excluding hydrogens is 1230 g/mol. The number of rotatable bonds is 4. The monoisotopic (exact) mass is 1310 g/mol. The maximum atomic E-state index is 9.92. The molecule has 2 aliphatic heterocycles. The molecule has 1 aromatic heterocycles. The fourth-order valence-electron chi connectivity index (χ4n) is 19.2. The topological polar surface area (TPSA) is 11.4 Å². The number of aromatic nitrogens is 1. The van der Waals surface area contributed by atoms with Gasteiger partial charge in [0, 0.05) is 50.3 Å². The van der Waals surface area contributed by atoms with E-state index in [2.05, 4.69) is 315 Å². The summed E-state index contributed by atoms with van der Waals surface area (Å²) in [4.78, 5) is 5.18. The van der Waals surface area contributed by atoms with E-state index in [0.717, 1.165) is 78.3 Å². The van der Waals surface area contributed by atoms with E-state index in [1.165, 1.54) is 89.0 Å². The Morgan fingerprint density at radius 3 is 1.07 bits per heavy atom. The molecule has 486 valence electrons. The predicted octanol–water partition coefficient (Wildman–Crippen LogP) is 23.1. The molecule has 3 nitrogen and oxygen atoms in total. The summed E-state index contributed by atoms with van der Waals surface area (Å²) in [7, 11) is 0. The van der Waals surface area contributed by atoms with Crippen LogP contribution in [0.1, 0.15) is 134 Å². The summed E-state index contributed by atoms with van der Waals surface area (Å²) >= 11 is 0. The minimum atomic E-state index is -0.854. The Labute approximate surface area is 610 Å². The lowest BCUT2D eigenvalue weighted by Gasteiger charge is -2.47. The molecule has 0 fully saturated rings. The first-order valence-corrected chi connectivity index (χ1v) is 35.9. The van der Waals surface area contributed by atoms with Crippen molar-refractivity contribution in [1.82, 2.24) is 4.57 Å². The third-order valence-corrected chi connectivity index (χ3v) is 23.7. The predicted molar refractivity (Wildman–Crippen MR) is 429 cm³/mol. The smallest absolute Gasteiger partial charge is 0.252 e. The Morgan fingerprint density at radius 1 is 0.304 bits per heavy atom. The van der Waals surface area contributed by atoms with Crippen LogP contribution in [0.5, 0.6) is 0 Å². The van der Waals surface area contributed by atoms with Crippen molar-refractivity contribution in [2.24, 2.45) is 0 Å². The van der Waals surface area contributed by atoms with Crippen LogP contribution in [0.3, 0.4) is 0 Å². The summed E-state index contributed by atoms with van der Waals surface area (Å²) in [6.45, 7) is 20.3. The van der Waals surface area contributed by atoms with E-state index >= 15 is 0 Å². The number of benzene rings is 14. The highest BCUT2D eigenvalue weighted by Crippen LogP contribution is 2.68. The first-order valence-electron chi connectivity index (χ1n) is 39.9. The molecule has 102 heavy (non-hydrogen) atoms. The summed E-state index contributed by atoms with van der Waals surface area (Å²) < 4.78 is 77.7. The first-order chi connectivity index (χ1) is 52.8. The molecule has 2 spiro atoms. The third kappa shape index (κ3) is 7.72. The van der Waals surface area contributed by atoms with Crippen LogP contribution >= 0.6 is 0 Å². The van der Waals surface area contributed by atoms with E-state index in [1.807, 2.05) is 6.07 Å². The van der Waals surface area contributed by atoms with Gasteiger partial charge in [-0.05, 0) is 193 Å². The zero-order valence-corrected chi connectivity index (χ0v) is 58.6. The Kier molecular flexibility index (Phi) is 10.4. The number of hydrogen-bond acceptors (Lipinski definition) is 2. The van der Waals surface area contributed by atoms with Gasteiger partial charge in [-0.3, -0.25) is 0 Å². The second-order valence-electron chi connectivity index (χ2n) is 32.1. The first kappa shape index (κ1) is 51.7. The molecule has 4 heteroatoms. The highest BCUT2D eigenvalue weighted by Gasteiger charge is 2.57. The Balaban J connectivity index is 0.960. The van der Waals surface area contributed by atoms with E-state index in [4.69, 9.17) is 2.74 Å². The number of nitrogens with zero attached hydrogens (tertiary/aromatic N) is 3. The molecule has 14 aromatic carbocycles. The molecule has 6 aliphatic rings. The van der Waals surface area contributed by atoms with E-state index in [1.54, 1.807) is 4.57 Å². The summed E-state index contributed by atoms with van der Waals surface area (Å²) in [5.41, 5.74) is 31.8. The van der Waals surface area contributed by atoms with Gasteiger partial charge in [-0.1, -0.05) is 305 Å². The summed E-state index contributed by atoms with van der Waals surface area (Å²) in [5.74, 6) is 0. The summed E-state index contributed by atoms with van der Waals surface area (Å²) in [6, 6.07) is 90.2. The molecule has 21 rings (SSSR count). The van der Waals surface area contributed by atoms with Crippen LogP contribution in [0.15, 0.2) is 297 Å². The molecule has 0 saturated carbocycles. The van der Waals surface area contributed by atoms with E-state index in [9.17, 15) is 8.22 Å². The van der Waals surface area contributed by atoms with Crippen molar-refractivity contribution < 1.29 is 11.0 Å². The van der Waals surface area contributed by atoms with Crippen LogP contribution in [-0.2, 0) is 27.1 Å². The summed E-state index contributed by atoms with van der Waals surface area (Å²) in [5, 5.41) is 0.0487. The molecule has 0 N–H and O–H groups in total. The molecule has 3 heterocycles. The zero-order valence-electron chi connectivity index (χ0n) is 66.6. The lowest BCUT2D eigenvalue weighted by molar-refractivity contribution is 0.569. The fraction of sp³-hybridized carbons (Fsp3) is 0.143. The Bertz CT molecular complexity index is 6460. The fourth-order valence-corrected chi connectivity index (χ4v) is 19.2. The van der Waals surface area contributed by atoms with Crippen molar-refractivity contribution in [3.05, 3.63) is 358 Å². The number of anilines is 6. The highest BCUT2D eigenvalue weighted by atomic mass is 15.2. The van der Waals surface area contributed by atoms with Gasteiger partial charge in [0.25, 0.3) is 6.71 Å². The number of fused-ring (bicyclic) bond motifs is 27. The van der Waals surface area contributed by atoms with Gasteiger partial charge in [-0.2, -0.15) is 0 Å². The molecule has 0 amide bonds. The number of hydrogen-bond donors (Lipinski definition) is 0. The van der Waals surface area contributed by atoms with Gasteiger partial charge in [0.15, 0.2) is 0 Å². The molecular formula is C98H76BN3. The van der Waals surface area contributed by atoms with Gasteiger partial charge >= 0.3 is 0 Å². The molecule has 0 atom stereocenters. The van der Waals surface area contributed by atoms with Crippen LogP contribution < -0.4 is 26.2 Å². The van der Waals surface area contributed by atoms with Crippen molar-refractivity contribution in [3.63, 3.8) is 0 Å². The molecule has 4 aliphatic carbocycles. The quantitative estimate of drug-likeness (QED) is 0.163. The largest absolute Gasteiger partial charge is 0.311 e. The van der Waals surface area contributed by atoms with E-state index in [0.29, 0.717) is 5.69 Å². The molecule has 0 unspecified atom stereocenters. The minimum Gasteiger partial charge on any atom is -0.311 e. The van der Waals surface area contributed by atoms with Crippen molar-refractivity contribution in [1.29, 1.82) is 0 Å². The standard InChI is InChI=1S/C98H76BN3/c1-94(2,3)61-48-50-81-87(57-61)101(85-46-26-36-73-69-32-14-22-42-79(69)97(91(73)85)75-38-18-10-28-65(75)66-29-11-19-39-76(66)97)89-54-60(59-52-62(95(4,5)6)56-63(53-59)96(7,8)9)55-90-93(89)99(81)82-51-49-64(100-83-44-24-16-34-71(83)72-35-17-25-45-84(72)100)58-88(82)102(90)86-47-27-37-74-70-33-15-23-43-80(70)98(92(74)86)77-40-20-12-30-67(77)68-31-13-21-41-78(68)98/h10-58H,1-9H3/i16D,17D,24D,25D,34D,35D,44D,45D. The van der Waals surface area contributed by atoms with Crippen LogP contribution in [0.25, 0.3) is 83.1 Å². The van der Waals surface area contributed by atoms with Gasteiger partial charge in [0.1, 0.15) is 0 Å². The maximum absolute atomic E-state index is 9.92. The van der Waals surface area contributed by atoms with Crippen LogP contribution in [0.4, 0.5) is 34.1 Å². The van der Waals surface area contributed by atoms with Gasteiger partial charge in [0.2, 0.25) is 0 Å². The Hall–Kier alpha value is -11.5. The summed E-state index contributed by atoms with van der Waals surface area (Å²) in [6.07, 6.45) is 0. The highest BCUT2D eigenvalue weighted by molar-refractivity contribution is 7.00. The van der Waals surface area contributed by atoms with Gasteiger partial charge in [-0.15, -0.1) is 0 Å². The molecule has 0 saturated heterocycles. The van der Waals surface area contributed by atoms with E-state index in [-0.39, 0.29) is 62.2 Å². The normalized spacial score (nSPS) is 15.9. The average molecular weight is 1310 g/mol. The van der Waals surface area contributed by atoms with Crippen molar-refractivity contribution in [3.8, 4) is 61.3 Å². The lowest BCUT2D eigenvalue weighted by atomic mass is 9.33. The average Bonchev–Trinajstić information content (AvgIpc) is 1.46. The van der Waals surface area contributed by atoms with Crippen molar-refractivity contribution >= 4 is 79.0 Å². The zero-order chi connectivity index (χ0) is 75.6. The second kappa shape index (κ2) is 20.6. The van der Waals surface area contributed by atoms with Crippen molar-refractivity contribution in [2.75, 3.05) is 9.80 Å². The van der Waals surface area contributed by atoms with Crippen LogP contribution in [0.2, 0.25) is 0 Å². The SMILES string of the molecule is [2H]c1c([2H])c([2H])c2c(c1[2H])c1c([2H])c([2H])c([2H])c([2H])c1n2-c1ccc2c(c1)N(c1cccc3c1C1(c4ccccc4-c4ccccc41)c1ccccc1-3)c1cc(-c3cc(C(C)(C)C)cc(C(C)(C)C)c3)cc3c1B2c1ccc(C(C)(C)C)cc1N3c1cccc2c1C1(c3ccccc3-c3ccccc31)c1ccccc1-2. The van der Waals surface area contributed by atoms with Crippen LogP contribution in [-0.4, -0.2) is 11.3 Å². The van der Waals surface area contributed by atoms with Gasteiger partial charge < -0.3 is 14.4 Å². The van der Waals surface area contributed by atoms with Crippen LogP contribution in [0, 0.1) is 0 Å². The minimum absolute atomic E-state index is 0.0243. The molecule has 0 radical (unpaired) electrons. The van der Waals surface area contributed by atoms with Crippen molar-refractivity contribution in [2.45, 2.75) is 89.4 Å². The maximum Gasteiger partial charge on any atom is 0.252 e. The van der Waals surface area contributed by atoms with Gasteiger partial charge in [-0.25, -0.2) is 0 Å². The molecule has 0 bridgehead atoms. The Morgan fingerprint density at radius 2 is 0.657 bits per heavy atom. The van der Waals surface area contributed by atoms with Gasteiger partial charge in [0.05, 0.1) is 44.2 Å². The second-order valence-corrected chi connectivity index (χ2v) is 32.1. The number of para-hydroxylation sites is 2. The molecule has 15 aromatic rings. The third-order valence-electron chi connectivity index (χ3n) is 23.7. The lowest BCUT2D eigenvalue weighted by Crippen LogP contribution is -2.61. The van der Waals surface area contributed by atoms with E-state index < -0.39 is 41.7 Å².